The van der Waals surface area contributed by atoms with Gasteiger partial charge in [-0.25, -0.2) is 9.18 Å². The van der Waals surface area contributed by atoms with Crippen molar-refractivity contribution >= 4 is 30.0 Å². The van der Waals surface area contributed by atoms with Crippen LogP contribution in [0.25, 0.3) is 6.08 Å². The summed E-state index contributed by atoms with van der Waals surface area (Å²) in [7, 11) is 0. The summed E-state index contributed by atoms with van der Waals surface area (Å²) in [5.41, 5.74) is 0.0600. The molecule has 1 fully saturated rings. The molecule has 1 saturated heterocycles. The van der Waals surface area contributed by atoms with Gasteiger partial charge in [0.2, 0.25) is 12.0 Å². The highest BCUT2D eigenvalue weighted by molar-refractivity contribution is 5.91. The van der Waals surface area contributed by atoms with Gasteiger partial charge in [0.05, 0.1) is 12.5 Å². The monoisotopic (exact) mass is 496 g/mol. The van der Waals surface area contributed by atoms with E-state index in [1.807, 2.05) is 0 Å². The number of hydrogen-bond donors (Lipinski definition) is 0. The fourth-order valence-corrected chi connectivity index (χ4v) is 3.41. The van der Waals surface area contributed by atoms with Crippen molar-refractivity contribution in [1.82, 2.24) is 0 Å². The third-order valence-electron chi connectivity index (χ3n) is 4.91. The molecule has 0 radical (unpaired) electrons. The van der Waals surface area contributed by atoms with Crippen LogP contribution in [-0.2, 0) is 47.6 Å². The number of carbonyl (C=O) groups is 4. The molecule has 0 aromatic heterocycles. The van der Waals surface area contributed by atoms with Gasteiger partial charge in [-0.2, -0.15) is 0 Å². The summed E-state index contributed by atoms with van der Waals surface area (Å²) < 4.78 is 46.7. The lowest BCUT2D eigenvalue weighted by Gasteiger charge is -2.43. The van der Waals surface area contributed by atoms with Gasteiger partial charge >= 0.3 is 23.9 Å². The number of carbonyl (C=O) groups excluding carboxylic acids is 4. The highest BCUT2D eigenvalue weighted by Gasteiger charge is 2.49. The van der Waals surface area contributed by atoms with Gasteiger partial charge in [-0.05, 0) is 19.1 Å². The molecule has 0 aliphatic carbocycles. The second-order valence-corrected chi connectivity index (χ2v) is 7.72. The van der Waals surface area contributed by atoms with Crippen molar-refractivity contribution in [3.05, 3.63) is 41.4 Å². The molecule has 1 aromatic carbocycles. The fourth-order valence-electron chi connectivity index (χ4n) is 3.41. The molecule has 0 saturated carbocycles. The third-order valence-corrected chi connectivity index (χ3v) is 4.91. The lowest BCUT2D eigenvalue weighted by Crippen LogP contribution is -2.58. The van der Waals surface area contributed by atoms with Crippen LogP contribution >= 0.6 is 0 Å². The summed E-state index contributed by atoms with van der Waals surface area (Å²) in [5.74, 6) is -4.60. The van der Waals surface area contributed by atoms with Crippen LogP contribution in [0, 0.1) is 11.7 Å². The van der Waals surface area contributed by atoms with Crippen LogP contribution in [-0.4, -0.2) is 61.7 Å². The predicted molar refractivity (Wildman–Crippen MR) is 118 cm³/mol. The lowest BCUT2D eigenvalue weighted by molar-refractivity contribution is -0.279. The van der Waals surface area contributed by atoms with Gasteiger partial charge in [0.25, 0.3) is 0 Å². The molecule has 0 amide bonds. The van der Waals surface area contributed by atoms with E-state index in [0.29, 0.717) is 0 Å². The van der Waals surface area contributed by atoms with E-state index in [9.17, 15) is 23.6 Å². The van der Waals surface area contributed by atoms with E-state index < -0.39 is 60.2 Å². The van der Waals surface area contributed by atoms with Crippen molar-refractivity contribution < 1.29 is 52.0 Å². The smallest absolute Gasteiger partial charge is 0.373 e. The average molecular weight is 496 g/mol. The van der Waals surface area contributed by atoms with Crippen LogP contribution in [0.4, 0.5) is 4.39 Å². The van der Waals surface area contributed by atoms with Gasteiger partial charge in [0.1, 0.15) is 24.6 Å². The number of hydrogen-bond acceptors (Lipinski definition) is 10. The minimum absolute atomic E-state index is 0.0254. The Balaban J connectivity index is 2.44. The largest absolute Gasteiger partial charge is 0.463 e. The number of halogens is 1. The quantitative estimate of drug-likeness (QED) is 0.218. The zero-order chi connectivity index (χ0) is 26.1. The zero-order valence-corrected chi connectivity index (χ0v) is 20.1. The third kappa shape index (κ3) is 8.06. The molecule has 1 heterocycles. The molecular weight excluding hydrogens is 467 g/mol. The molecule has 1 aromatic rings. The van der Waals surface area contributed by atoms with Gasteiger partial charge in [0.15, 0.2) is 6.10 Å². The van der Waals surface area contributed by atoms with Crippen molar-refractivity contribution in [2.75, 3.05) is 13.2 Å². The summed E-state index contributed by atoms with van der Waals surface area (Å²) in [6, 6.07) is 5.71. The Hall–Kier alpha value is -3.47. The molecule has 35 heavy (non-hydrogen) atoms. The molecule has 1 aliphatic rings. The van der Waals surface area contributed by atoms with E-state index in [4.69, 9.17) is 28.4 Å². The SMILES string of the molecule is CCOC(=O)/C(=C/c1ccccc1F)O[C@H]1O[C@@H](COC(C)=O)[C@H](OC(C)=O)[C@@H](OC(C)=O)[C@@H]1C. The first-order valence-electron chi connectivity index (χ1n) is 11.0. The van der Waals surface area contributed by atoms with Crippen molar-refractivity contribution in [3.63, 3.8) is 0 Å². The summed E-state index contributed by atoms with van der Waals surface area (Å²) in [6.07, 6.45) is -3.41. The number of benzene rings is 1. The summed E-state index contributed by atoms with van der Waals surface area (Å²) in [4.78, 5) is 47.5. The highest BCUT2D eigenvalue weighted by Crippen LogP contribution is 2.33. The van der Waals surface area contributed by atoms with E-state index in [2.05, 4.69) is 0 Å². The van der Waals surface area contributed by atoms with E-state index in [0.717, 1.165) is 13.0 Å². The van der Waals surface area contributed by atoms with Crippen LogP contribution in [0.1, 0.15) is 40.2 Å². The molecule has 0 unspecified atom stereocenters. The Morgan fingerprint density at radius 3 is 2.14 bits per heavy atom. The Bertz CT molecular complexity index is 959. The van der Waals surface area contributed by atoms with E-state index in [1.165, 1.54) is 32.0 Å². The topological polar surface area (TPSA) is 124 Å². The first-order chi connectivity index (χ1) is 16.5. The molecule has 10 nitrogen and oxygen atoms in total. The minimum atomic E-state index is -1.26. The molecule has 192 valence electrons. The second-order valence-electron chi connectivity index (χ2n) is 7.72. The van der Waals surface area contributed by atoms with Gasteiger partial charge in [-0.15, -0.1) is 0 Å². The summed E-state index contributed by atoms with van der Waals surface area (Å²) >= 11 is 0. The molecule has 0 bridgehead atoms. The minimum Gasteiger partial charge on any atom is -0.463 e. The number of rotatable bonds is 9. The normalized spacial score (nSPS) is 24.2. The Morgan fingerprint density at radius 1 is 0.943 bits per heavy atom. The first-order valence-corrected chi connectivity index (χ1v) is 11.0. The van der Waals surface area contributed by atoms with Crippen LogP contribution in [0.3, 0.4) is 0 Å². The van der Waals surface area contributed by atoms with Crippen LogP contribution in [0.5, 0.6) is 0 Å². The fraction of sp³-hybridized carbons (Fsp3) is 0.500. The maximum absolute atomic E-state index is 14.2. The van der Waals surface area contributed by atoms with Crippen molar-refractivity contribution in [2.24, 2.45) is 5.92 Å². The zero-order valence-electron chi connectivity index (χ0n) is 20.1. The van der Waals surface area contributed by atoms with E-state index in [1.54, 1.807) is 19.9 Å². The highest BCUT2D eigenvalue weighted by atomic mass is 19.1. The molecular formula is C24H29FO10. The molecule has 2 rings (SSSR count). The lowest BCUT2D eigenvalue weighted by atomic mass is 9.91. The Kier molecular flexibility index (Phi) is 10.2. The van der Waals surface area contributed by atoms with Crippen LogP contribution in [0.2, 0.25) is 0 Å². The van der Waals surface area contributed by atoms with Crippen molar-refractivity contribution in [1.29, 1.82) is 0 Å². The van der Waals surface area contributed by atoms with Crippen LogP contribution in [0.15, 0.2) is 30.0 Å². The van der Waals surface area contributed by atoms with Crippen molar-refractivity contribution in [3.8, 4) is 0 Å². The molecule has 5 atom stereocenters. The van der Waals surface area contributed by atoms with Gasteiger partial charge in [-0.1, -0.05) is 25.1 Å². The molecule has 1 aliphatic heterocycles. The van der Waals surface area contributed by atoms with Gasteiger partial charge < -0.3 is 28.4 Å². The number of esters is 4. The maximum Gasteiger partial charge on any atom is 0.373 e. The van der Waals surface area contributed by atoms with Gasteiger partial charge in [0, 0.05) is 26.3 Å². The van der Waals surface area contributed by atoms with Crippen molar-refractivity contribution in [2.45, 2.75) is 59.2 Å². The predicted octanol–water partition coefficient (Wildman–Crippen LogP) is 2.53. The molecule has 0 spiro atoms. The summed E-state index contributed by atoms with van der Waals surface area (Å²) in [5, 5.41) is 0. The second kappa shape index (κ2) is 12.8. The Morgan fingerprint density at radius 2 is 1.57 bits per heavy atom. The standard InChI is InChI=1S/C24H29FO10/c1-6-30-23(29)19(11-17-9-7-8-10-18(17)25)34-24-13(2)21(32-15(4)27)22(33-16(5)28)20(35-24)12-31-14(3)26/h7-11,13,20-22,24H,6,12H2,1-5H3/b19-11-/t13-,20-,21-,22-,24-/m0/s1. The van der Waals surface area contributed by atoms with E-state index in [-0.39, 0.29) is 24.5 Å². The van der Waals surface area contributed by atoms with Gasteiger partial charge in [-0.3, -0.25) is 14.4 Å². The number of ether oxygens (including phenoxy) is 6. The molecule has 11 heteroatoms. The average Bonchev–Trinajstić information content (AvgIpc) is 2.77. The first kappa shape index (κ1) is 27.8. The Labute approximate surface area is 202 Å². The van der Waals surface area contributed by atoms with Crippen LogP contribution < -0.4 is 0 Å². The van der Waals surface area contributed by atoms with E-state index >= 15 is 0 Å². The maximum atomic E-state index is 14.2. The summed E-state index contributed by atoms with van der Waals surface area (Å²) in [6.45, 7) is 6.36. The molecule has 0 N–H and O–H groups in total.